The maximum Gasteiger partial charge on any atom is 0.251 e. The summed E-state index contributed by atoms with van der Waals surface area (Å²) in [5, 5.41) is 0.505. The molecule has 0 saturated heterocycles. The van der Waals surface area contributed by atoms with E-state index in [9.17, 15) is 4.79 Å². The molecule has 2 heterocycles. The molecule has 1 aromatic carbocycles. The van der Waals surface area contributed by atoms with Crippen molar-refractivity contribution in [2.45, 2.75) is 13.5 Å². The highest BCUT2D eigenvalue weighted by Crippen LogP contribution is 2.39. The van der Waals surface area contributed by atoms with Crippen LogP contribution in [0.2, 0.25) is 5.02 Å². The lowest BCUT2D eigenvalue weighted by atomic mass is 10.2. The molecule has 98 valence electrons. The number of hydrogen-bond donors (Lipinski definition) is 0. The fraction of sp³-hybridized carbons (Fsp3) is 0.214. The number of nitrogens with zero attached hydrogens (tertiary/aromatic N) is 1. The van der Waals surface area contributed by atoms with Crippen LogP contribution in [0.15, 0.2) is 35.3 Å². The Kier molecular flexibility index (Phi) is 2.95. The minimum atomic E-state index is -0.0335. The number of fused-ring (bicyclic) bond motifs is 1. The summed E-state index contributed by atoms with van der Waals surface area (Å²) < 4.78 is 12.2. The van der Waals surface area contributed by atoms with Crippen LogP contribution in [0, 0.1) is 6.92 Å². The van der Waals surface area contributed by atoms with Gasteiger partial charge in [-0.05, 0) is 36.2 Å². The van der Waals surface area contributed by atoms with Crippen molar-refractivity contribution in [1.82, 2.24) is 4.57 Å². The van der Waals surface area contributed by atoms with Gasteiger partial charge in [-0.15, -0.1) is 0 Å². The van der Waals surface area contributed by atoms with Gasteiger partial charge >= 0.3 is 0 Å². The van der Waals surface area contributed by atoms with E-state index in [1.165, 1.54) is 0 Å². The van der Waals surface area contributed by atoms with Crippen LogP contribution in [0.3, 0.4) is 0 Å². The minimum Gasteiger partial charge on any atom is -0.454 e. The monoisotopic (exact) mass is 277 g/mol. The molecular formula is C14H12ClNO3. The van der Waals surface area contributed by atoms with Crippen molar-refractivity contribution in [3.63, 3.8) is 0 Å². The summed E-state index contributed by atoms with van der Waals surface area (Å²) in [6, 6.07) is 7.15. The van der Waals surface area contributed by atoms with Gasteiger partial charge in [0.15, 0.2) is 11.5 Å². The smallest absolute Gasteiger partial charge is 0.251 e. The lowest BCUT2D eigenvalue weighted by Gasteiger charge is -2.08. The normalized spacial score (nSPS) is 12.7. The Labute approximate surface area is 115 Å². The summed E-state index contributed by atoms with van der Waals surface area (Å²) >= 11 is 6.11. The molecule has 0 radical (unpaired) electrons. The van der Waals surface area contributed by atoms with Gasteiger partial charge in [0.2, 0.25) is 6.79 Å². The maximum absolute atomic E-state index is 11.8. The van der Waals surface area contributed by atoms with Gasteiger partial charge in [0, 0.05) is 12.3 Å². The molecule has 0 saturated carbocycles. The molecule has 1 aliphatic rings. The zero-order chi connectivity index (χ0) is 13.4. The third-order valence-electron chi connectivity index (χ3n) is 2.99. The van der Waals surface area contributed by atoms with Crippen molar-refractivity contribution >= 4 is 11.6 Å². The maximum atomic E-state index is 11.8. The first-order valence-corrected chi connectivity index (χ1v) is 6.26. The van der Waals surface area contributed by atoms with E-state index in [1.807, 2.05) is 19.1 Å². The summed E-state index contributed by atoms with van der Waals surface area (Å²) in [4.78, 5) is 11.8. The zero-order valence-corrected chi connectivity index (χ0v) is 11.1. The second-order valence-electron chi connectivity index (χ2n) is 4.48. The van der Waals surface area contributed by atoms with Crippen molar-refractivity contribution in [3.05, 3.63) is 57.0 Å². The van der Waals surface area contributed by atoms with E-state index < -0.39 is 0 Å². The molecule has 5 heteroatoms. The summed E-state index contributed by atoms with van der Waals surface area (Å²) in [5.74, 6) is 1.20. The molecule has 2 aromatic rings. The third-order valence-corrected chi connectivity index (χ3v) is 3.27. The molecule has 0 aliphatic carbocycles. The average Bonchev–Trinajstić information content (AvgIpc) is 2.81. The molecule has 1 aliphatic heterocycles. The number of aromatic nitrogens is 1. The van der Waals surface area contributed by atoms with E-state index in [4.69, 9.17) is 21.1 Å². The number of aryl methyl sites for hydroxylation is 1. The number of hydrogen-bond acceptors (Lipinski definition) is 3. The summed E-state index contributed by atoms with van der Waals surface area (Å²) in [5.41, 5.74) is 1.82. The number of ether oxygens (including phenoxy) is 2. The average molecular weight is 278 g/mol. The SMILES string of the molecule is Cc1ccn(Cc2cc(Cl)c3c(c2)OCO3)c(=O)c1. The Hall–Kier alpha value is -1.94. The molecule has 0 amide bonds. The number of halogens is 1. The highest BCUT2D eigenvalue weighted by atomic mass is 35.5. The van der Waals surface area contributed by atoms with E-state index in [-0.39, 0.29) is 12.4 Å². The van der Waals surface area contributed by atoms with Crippen molar-refractivity contribution in [2.75, 3.05) is 6.79 Å². The van der Waals surface area contributed by atoms with E-state index in [2.05, 4.69) is 0 Å². The van der Waals surface area contributed by atoms with Gasteiger partial charge in [-0.1, -0.05) is 11.6 Å². The van der Waals surface area contributed by atoms with E-state index in [0.717, 1.165) is 11.1 Å². The van der Waals surface area contributed by atoms with Crippen LogP contribution in [0.25, 0.3) is 0 Å². The molecular weight excluding hydrogens is 266 g/mol. The number of benzene rings is 1. The Balaban J connectivity index is 1.96. The minimum absolute atomic E-state index is 0.0335. The number of pyridine rings is 1. The Morgan fingerprint density at radius 3 is 2.95 bits per heavy atom. The van der Waals surface area contributed by atoms with Crippen molar-refractivity contribution in [1.29, 1.82) is 0 Å². The van der Waals surface area contributed by atoms with Crippen LogP contribution in [-0.4, -0.2) is 11.4 Å². The molecule has 0 spiro atoms. The largest absolute Gasteiger partial charge is 0.454 e. The molecule has 0 bridgehead atoms. The molecule has 0 unspecified atom stereocenters. The Morgan fingerprint density at radius 2 is 2.16 bits per heavy atom. The van der Waals surface area contributed by atoms with E-state index >= 15 is 0 Å². The van der Waals surface area contributed by atoms with Gasteiger partial charge in [0.1, 0.15) is 0 Å². The van der Waals surface area contributed by atoms with Gasteiger partial charge in [-0.3, -0.25) is 4.79 Å². The van der Waals surface area contributed by atoms with Crippen LogP contribution in [-0.2, 0) is 6.54 Å². The molecule has 0 fully saturated rings. The molecule has 0 atom stereocenters. The second-order valence-corrected chi connectivity index (χ2v) is 4.89. The predicted octanol–water partition coefficient (Wildman–Crippen LogP) is 2.59. The fourth-order valence-corrected chi connectivity index (χ4v) is 2.33. The zero-order valence-electron chi connectivity index (χ0n) is 10.4. The van der Waals surface area contributed by atoms with Crippen LogP contribution in [0.1, 0.15) is 11.1 Å². The predicted molar refractivity (Wildman–Crippen MR) is 72.1 cm³/mol. The molecule has 0 N–H and O–H groups in total. The van der Waals surface area contributed by atoms with Gasteiger partial charge in [-0.2, -0.15) is 0 Å². The first-order chi connectivity index (χ1) is 9.13. The van der Waals surface area contributed by atoms with Crippen molar-refractivity contribution < 1.29 is 9.47 Å². The van der Waals surface area contributed by atoms with Gasteiger partial charge in [0.25, 0.3) is 5.56 Å². The Bertz CT molecular complexity index is 694. The molecule has 4 nitrogen and oxygen atoms in total. The standard InChI is InChI=1S/C14H12ClNO3/c1-9-2-3-16(13(17)4-9)7-10-5-11(15)14-12(6-10)18-8-19-14/h2-6H,7-8H2,1H3. The van der Waals surface area contributed by atoms with Gasteiger partial charge in [-0.25, -0.2) is 0 Å². The summed E-state index contributed by atoms with van der Waals surface area (Å²) in [7, 11) is 0. The number of rotatable bonds is 2. The highest BCUT2D eigenvalue weighted by Gasteiger charge is 2.18. The van der Waals surface area contributed by atoms with Crippen LogP contribution < -0.4 is 15.0 Å². The quantitative estimate of drug-likeness (QED) is 0.847. The molecule has 1 aromatic heterocycles. The van der Waals surface area contributed by atoms with Gasteiger partial charge in [0.05, 0.1) is 11.6 Å². The lowest BCUT2D eigenvalue weighted by Crippen LogP contribution is -2.19. The first-order valence-electron chi connectivity index (χ1n) is 5.88. The first kappa shape index (κ1) is 12.1. The molecule has 3 rings (SSSR count). The summed E-state index contributed by atoms with van der Waals surface area (Å²) in [6.45, 7) is 2.53. The van der Waals surface area contributed by atoms with Gasteiger partial charge < -0.3 is 14.0 Å². The third kappa shape index (κ3) is 2.31. The topological polar surface area (TPSA) is 40.5 Å². The van der Waals surface area contributed by atoms with Crippen LogP contribution in [0.4, 0.5) is 0 Å². The molecule has 19 heavy (non-hydrogen) atoms. The van der Waals surface area contributed by atoms with Crippen LogP contribution in [0.5, 0.6) is 11.5 Å². The fourth-order valence-electron chi connectivity index (χ4n) is 2.05. The van der Waals surface area contributed by atoms with E-state index in [0.29, 0.717) is 23.1 Å². The Morgan fingerprint density at radius 1 is 1.32 bits per heavy atom. The van der Waals surface area contributed by atoms with Crippen molar-refractivity contribution in [2.24, 2.45) is 0 Å². The second kappa shape index (κ2) is 4.63. The van der Waals surface area contributed by atoms with Crippen LogP contribution >= 0.6 is 11.6 Å². The highest BCUT2D eigenvalue weighted by molar-refractivity contribution is 6.32. The van der Waals surface area contributed by atoms with Crippen molar-refractivity contribution in [3.8, 4) is 11.5 Å². The summed E-state index contributed by atoms with van der Waals surface area (Å²) in [6.07, 6.45) is 1.77. The lowest BCUT2D eigenvalue weighted by molar-refractivity contribution is 0.174. The van der Waals surface area contributed by atoms with E-state index in [1.54, 1.807) is 22.9 Å².